The van der Waals surface area contributed by atoms with Crippen LogP contribution in [-0.4, -0.2) is 42.9 Å². The molecule has 0 atom stereocenters. The average Bonchev–Trinajstić information content (AvgIpc) is 2.53. The van der Waals surface area contributed by atoms with Gasteiger partial charge < -0.3 is 10.2 Å². The number of hydrogen-bond donors (Lipinski definition) is 1. The van der Waals surface area contributed by atoms with Gasteiger partial charge in [0.25, 0.3) is 0 Å². The second-order valence-electron chi connectivity index (χ2n) is 5.50. The molecule has 0 amide bonds. The quantitative estimate of drug-likeness (QED) is 0.776. The van der Waals surface area contributed by atoms with Crippen LogP contribution in [0.3, 0.4) is 0 Å². The van der Waals surface area contributed by atoms with E-state index in [0.29, 0.717) is 12.5 Å². The number of ketones is 1. The zero-order valence-electron chi connectivity index (χ0n) is 12.5. The summed E-state index contributed by atoms with van der Waals surface area (Å²) in [5, 5.41) is 3.41. The van der Waals surface area contributed by atoms with Gasteiger partial charge >= 0.3 is 0 Å². The van der Waals surface area contributed by atoms with E-state index >= 15 is 0 Å². The van der Waals surface area contributed by atoms with E-state index in [9.17, 15) is 4.79 Å². The molecule has 3 heteroatoms. The van der Waals surface area contributed by atoms with Crippen molar-refractivity contribution in [3.05, 3.63) is 35.9 Å². The minimum Gasteiger partial charge on any atom is -0.317 e. The molecule has 1 fully saturated rings. The molecule has 0 saturated carbocycles. The van der Waals surface area contributed by atoms with E-state index in [-0.39, 0.29) is 5.78 Å². The Morgan fingerprint density at radius 2 is 1.95 bits per heavy atom. The lowest BCUT2D eigenvalue weighted by Gasteiger charge is -2.33. The zero-order chi connectivity index (χ0) is 14.2. The van der Waals surface area contributed by atoms with Crippen LogP contribution in [0.25, 0.3) is 0 Å². The van der Waals surface area contributed by atoms with Crippen molar-refractivity contribution in [3.8, 4) is 0 Å². The van der Waals surface area contributed by atoms with Gasteiger partial charge in [0, 0.05) is 18.0 Å². The molecule has 0 bridgehead atoms. The third kappa shape index (κ3) is 4.43. The summed E-state index contributed by atoms with van der Waals surface area (Å²) >= 11 is 0. The van der Waals surface area contributed by atoms with Crippen molar-refractivity contribution < 1.29 is 4.79 Å². The van der Waals surface area contributed by atoms with Gasteiger partial charge in [0.2, 0.25) is 0 Å². The van der Waals surface area contributed by atoms with Crippen LogP contribution in [0.15, 0.2) is 30.3 Å². The van der Waals surface area contributed by atoms with Crippen molar-refractivity contribution in [1.29, 1.82) is 0 Å². The molecule has 3 nitrogen and oxygen atoms in total. The molecule has 0 unspecified atom stereocenters. The summed E-state index contributed by atoms with van der Waals surface area (Å²) in [5.74, 6) is 0.270. The molecule has 1 aromatic carbocycles. The molecule has 20 heavy (non-hydrogen) atoms. The van der Waals surface area contributed by atoms with Crippen LogP contribution in [0.5, 0.6) is 0 Å². The first-order valence-corrected chi connectivity index (χ1v) is 7.84. The van der Waals surface area contributed by atoms with Gasteiger partial charge in [-0.05, 0) is 45.4 Å². The van der Waals surface area contributed by atoms with E-state index in [1.165, 1.54) is 12.8 Å². The number of hydrogen-bond acceptors (Lipinski definition) is 3. The lowest BCUT2D eigenvalue weighted by atomic mass is 10.0. The normalized spacial score (nSPS) is 16.5. The van der Waals surface area contributed by atoms with Gasteiger partial charge in [-0.1, -0.05) is 37.3 Å². The Kier molecular flexibility index (Phi) is 6.22. The maximum absolute atomic E-state index is 12.1. The van der Waals surface area contributed by atoms with E-state index in [1.54, 1.807) is 0 Å². The predicted molar refractivity (Wildman–Crippen MR) is 83.1 cm³/mol. The fraction of sp³-hybridized carbons (Fsp3) is 0.588. The SMILES string of the molecule is CCN(CCCC(=O)c1ccccc1)C1CCNCC1. The molecule has 0 aromatic heterocycles. The molecule has 1 N–H and O–H groups in total. The standard InChI is InChI=1S/C17H26N2O/c1-2-19(16-10-12-18-13-11-16)14-6-9-17(20)15-7-4-3-5-8-15/h3-5,7-8,16,18H,2,6,9-14H2,1H3. The van der Waals surface area contributed by atoms with E-state index in [1.807, 2.05) is 30.3 Å². The molecule has 1 aliphatic heterocycles. The number of benzene rings is 1. The Morgan fingerprint density at radius 3 is 2.60 bits per heavy atom. The van der Waals surface area contributed by atoms with Crippen molar-refractivity contribution in [2.45, 2.75) is 38.6 Å². The molecule has 0 aliphatic carbocycles. The molecule has 110 valence electrons. The van der Waals surface area contributed by atoms with E-state index < -0.39 is 0 Å². The van der Waals surface area contributed by atoms with Gasteiger partial charge in [-0.25, -0.2) is 0 Å². The number of piperidine rings is 1. The molecule has 0 radical (unpaired) electrons. The third-order valence-electron chi connectivity index (χ3n) is 4.18. The number of Topliss-reactive ketones (excluding diaryl/α,β-unsaturated/α-hetero) is 1. The summed E-state index contributed by atoms with van der Waals surface area (Å²) in [6.45, 7) is 6.61. The van der Waals surface area contributed by atoms with Gasteiger partial charge in [-0.3, -0.25) is 4.79 Å². The smallest absolute Gasteiger partial charge is 0.162 e. The van der Waals surface area contributed by atoms with Gasteiger partial charge in [-0.15, -0.1) is 0 Å². The topological polar surface area (TPSA) is 32.3 Å². The first kappa shape index (κ1) is 15.2. The zero-order valence-corrected chi connectivity index (χ0v) is 12.5. The highest BCUT2D eigenvalue weighted by atomic mass is 16.1. The molecular weight excluding hydrogens is 248 g/mol. The summed E-state index contributed by atoms with van der Waals surface area (Å²) in [4.78, 5) is 14.6. The highest BCUT2D eigenvalue weighted by molar-refractivity contribution is 5.95. The second-order valence-corrected chi connectivity index (χ2v) is 5.50. The second kappa shape index (κ2) is 8.18. The van der Waals surface area contributed by atoms with Gasteiger partial charge in [0.15, 0.2) is 5.78 Å². The number of carbonyl (C=O) groups is 1. The summed E-state index contributed by atoms with van der Waals surface area (Å²) in [5.41, 5.74) is 0.845. The summed E-state index contributed by atoms with van der Waals surface area (Å²) < 4.78 is 0. The van der Waals surface area contributed by atoms with Crippen LogP contribution in [-0.2, 0) is 0 Å². The maximum atomic E-state index is 12.1. The summed E-state index contributed by atoms with van der Waals surface area (Å²) in [6.07, 6.45) is 4.10. The van der Waals surface area contributed by atoms with Crippen LogP contribution >= 0.6 is 0 Å². The van der Waals surface area contributed by atoms with E-state index in [0.717, 1.165) is 38.2 Å². The Morgan fingerprint density at radius 1 is 1.25 bits per heavy atom. The van der Waals surface area contributed by atoms with Crippen molar-refractivity contribution in [2.24, 2.45) is 0 Å². The van der Waals surface area contributed by atoms with Gasteiger partial charge in [0.1, 0.15) is 0 Å². The first-order valence-electron chi connectivity index (χ1n) is 7.84. The van der Waals surface area contributed by atoms with Gasteiger partial charge in [-0.2, -0.15) is 0 Å². The number of carbonyl (C=O) groups excluding carboxylic acids is 1. The van der Waals surface area contributed by atoms with Crippen molar-refractivity contribution in [3.63, 3.8) is 0 Å². The Labute approximate surface area is 122 Å². The molecule has 1 aliphatic rings. The summed E-state index contributed by atoms with van der Waals surface area (Å²) in [6, 6.07) is 10.3. The molecule has 1 heterocycles. The molecule has 2 rings (SSSR count). The third-order valence-corrected chi connectivity index (χ3v) is 4.18. The summed E-state index contributed by atoms with van der Waals surface area (Å²) in [7, 11) is 0. The Bertz CT molecular complexity index is 399. The van der Waals surface area contributed by atoms with Crippen LogP contribution < -0.4 is 5.32 Å². The Balaban J connectivity index is 1.74. The van der Waals surface area contributed by atoms with Gasteiger partial charge in [0.05, 0.1) is 0 Å². The van der Waals surface area contributed by atoms with Crippen LogP contribution in [0.1, 0.15) is 43.0 Å². The largest absolute Gasteiger partial charge is 0.317 e. The van der Waals surface area contributed by atoms with Crippen molar-refractivity contribution in [1.82, 2.24) is 10.2 Å². The predicted octanol–water partition coefficient (Wildman–Crippen LogP) is 2.72. The monoisotopic (exact) mass is 274 g/mol. The number of nitrogens with one attached hydrogen (secondary N) is 1. The van der Waals surface area contributed by atoms with Crippen LogP contribution in [0.4, 0.5) is 0 Å². The van der Waals surface area contributed by atoms with Crippen LogP contribution in [0, 0.1) is 0 Å². The fourth-order valence-corrected chi connectivity index (χ4v) is 2.98. The lowest BCUT2D eigenvalue weighted by Crippen LogP contribution is -2.43. The van der Waals surface area contributed by atoms with Crippen molar-refractivity contribution in [2.75, 3.05) is 26.2 Å². The minimum atomic E-state index is 0.270. The molecular formula is C17H26N2O. The number of nitrogens with zero attached hydrogens (tertiary/aromatic N) is 1. The minimum absolute atomic E-state index is 0.270. The van der Waals surface area contributed by atoms with E-state index in [2.05, 4.69) is 17.1 Å². The maximum Gasteiger partial charge on any atom is 0.162 e. The Hall–Kier alpha value is -1.19. The number of rotatable bonds is 7. The highest BCUT2D eigenvalue weighted by Gasteiger charge is 2.19. The molecule has 0 spiro atoms. The fourth-order valence-electron chi connectivity index (χ4n) is 2.98. The molecule has 1 aromatic rings. The molecule has 1 saturated heterocycles. The van der Waals surface area contributed by atoms with Crippen molar-refractivity contribution >= 4 is 5.78 Å². The van der Waals surface area contributed by atoms with E-state index in [4.69, 9.17) is 0 Å². The first-order chi connectivity index (χ1) is 9.81. The van der Waals surface area contributed by atoms with Crippen LogP contribution in [0.2, 0.25) is 0 Å². The lowest BCUT2D eigenvalue weighted by molar-refractivity contribution is 0.0967. The highest BCUT2D eigenvalue weighted by Crippen LogP contribution is 2.13. The average molecular weight is 274 g/mol.